The van der Waals surface area contributed by atoms with Gasteiger partial charge in [0.25, 0.3) is 5.91 Å². The lowest BCUT2D eigenvalue weighted by molar-refractivity contribution is 0.102. The molecule has 0 saturated carbocycles. The first kappa shape index (κ1) is 15.4. The van der Waals surface area contributed by atoms with E-state index in [2.05, 4.69) is 27.1 Å². The Morgan fingerprint density at radius 2 is 1.96 bits per heavy atom. The normalized spacial score (nSPS) is 15.5. The lowest BCUT2D eigenvalue weighted by Crippen LogP contribution is -2.44. The molecule has 1 amide bonds. The summed E-state index contributed by atoms with van der Waals surface area (Å²) in [6.45, 7) is 3.93. The molecule has 1 aliphatic heterocycles. The number of halogens is 1. The molecule has 120 valence electrons. The number of amides is 1. The number of anilines is 2. The van der Waals surface area contributed by atoms with Gasteiger partial charge in [0, 0.05) is 31.9 Å². The molecule has 2 heterocycles. The Balaban J connectivity index is 1.65. The largest absolute Gasteiger partial charge is 0.368 e. The van der Waals surface area contributed by atoms with Crippen molar-refractivity contribution in [2.45, 2.75) is 0 Å². The number of pyridine rings is 1. The standard InChI is InChI=1S/C17H19FN4O/c1-21-7-9-22(10-8-21)15-5-6-16(19-12-15)17(23)20-14-4-2-3-13(18)11-14/h2-6,11-12H,7-10H2,1H3,(H,20,23). The van der Waals surface area contributed by atoms with Crippen molar-refractivity contribution in [3.05, 3.63) is 54.1 Å². The minimum atomic E-state index is -0.388. The fraction of sp³-hybridized carbons (Fsp3) is 0.294. The summed E-state index contributed by atoms with van der Waals surface area (Å²) in [5, 5.41) is 2.64. The molecule has 0 unspecified atom stereocenters. The van der Waals surface area contributed by atoms with Gasteiger partial charge in [0.2, 0.25) is 0 Å². The van der Waals surface area contributed by atoms with Crippen molar-refractivity contribution in [3.8, 4) is 0 Å². The number of likely N-dealkylation sites (N-methyl/N-ethyl adjacent to an activating group) is 1. The second-order valence-electron chi connectivity index (χ2n) is 5.66. The Morgan fingerprint density at radius 1 is 1.17 bits per heavy atom. The van der Waals surface area contributed by atoms with Crippen molar-refractivity contribution in [2.75, 3.05) is 43.4 Å². The van der Waals surface area contributed by atoms with E-state index in [-0.39, 0.29) is 11.7 Å². The second-order valence-corrected chi connectivity index (χ2v) is 5.66. The summed E-state index contributed by atoms with van der Waals surface area (Å²) < 4.78 is 13.1. The van der Waals surface area contributed by atoms with Crippen molar-refractivity contribution in [1.82, 2.24) is 9.88 Å². The van der Waals surface area contributed by atoms with E-state index in [1.165, 1.54) is 12.1 Å². The molecule has 1 saturated heterocycles. The number of carbonyl (C=O) groups is 1. The van der Waals surface area contributed by atoms with E-state index in [1.807, 2.05) is 6.07 Å². The zero-order valence-corrected chi connectivity index (χ0v) is 13.0. The molecule has 2 aromatic rings. The van der Waals surface area contributed by atoms with Gasteiger partial charge >= 0.3 is 0 Å². The van der Waals surface area contributed by atoms with Crippen molar-refractivity contribution < 1.29 is 9.18 Å². The Hall–Kier alpha value is -2.47. The molecule has 1 aromatic carbocycles. The molecule has 0 aliphatic carbocycles. The number of nitrogens with zero attached hydrogens (tertiary/aromatic N) is 3. The zero-order chi connectivity index (χ0) is 16.2. The van der Waals surface area contributed by atoms with Gasteiger partial charge in [0.05, 0.1) is 11.9 Å². The van der Waals surface area contributed by atoms with Gasteiger partial charge < -0.3 is 15.1 Å². The molecular formula is C17H19FN4O. The quantitative estimate of drug-likeness (QED) is 0.944. The number of hydrogen-bond acceptors (Lipinski definition) is 4. The molecule has 5 nitrogen and oxygen atoms in total. The predicted molar refractivity (Wildman–Crippen MR) is 88.3 cm³/mol. The molecule has 0 bridgehead atoms. The van der Waals surface area contributed by atoms with Crippen LogP contribution in [-0.4, -0.2) is 49.0 Å². The first-order chi connectivity index (χ1) is 11.1. The maximum atomic E-state index is 13.1. The molecule has 0 atom stereocenters. The van der Waals surface area contributed by atoms with Crippen LogP contribution in [0.2, 0.25) is 0 Å². The Bertz CT molecular complexity index is 681. The number of hydrogen-bond donors (Lipinski definition) is 1. The zero-order valence-electron chi connectivity index (χ0n) is 13.0. The van der Waals surface area contributed by atoms with E-state index in [4.69, 9.17) is 0 Å². The lowest BCUT2D eigenvalue weighted by Gasteiger charge is -2.33. The van der Waals surface area contributed by atoms with Crippen LogP contribution in [0.15, 0.2) is 42.6 Å². The Labute approximate surface area is 134 Å². The Morgan fingerprint density at radius 3 is 2.61 bits per heavy atom. The average Bonchev–Trinajstić information content (AvgIpc) is 2.56. The highest BCUT2D eigenvalue weighted by Gasteiger charge is 2.15. The van der Waals surface area contributed by atoms with Gasteiger partial charge in [-0.3, -0.25) is 4.79 Å². The fourth-order valence-electron chi connectivity index (χ4n) is 2.53. The van der Waals surface area contributed by atoms with Crippen LogP contribution in [0.1, 0.15) is 10.5 Å². The van der Waals surface area contributed by atoms with Gasteiger partial charge in [0.15, 0.2) is 0 Å². The number of rotatable bonds is 3. The highest BCUT2D eigenvalue weighted by atomic mass is 19.1. The summed E-state index contributed by atoms with van der Waals surface area (Å²) in [7, 11) is 2.11. The second kappa shape index (κ2) is 6.75. The number of benzene rings is 1. The first-order valence-electron chi connectivity index (χ1n) is 7.58. The van der Waals surface area contributed by atoms with Gasteiger partial charge in [-0.15, -0.1) is 0 Å². The van der Waals surface area contributed by atoms with Crippen LogP contribution in [0, 0.1) is 5.82 Å². The first-order valence-corrected chi connectivity index (χ1v) is 7.58. The summed E-state index contributed by atoms with van der Waals surface area (Å²) in [4.78, 5) is 20.9. The minimum Gasteiger partial charge on any atom is -0.368 e. The lowest BCUT2D eigenvalue weighted by atomic mass is 10.2. The number of aromatic nitrogens is 1. The highest BCUT2D eigenvalue weighted by Crippen LogP contribution is 2.16. The van der Waals surface area contributed by atoms with Crippen molar-refractivity contribution in [2.24, 2.45) is 0 Å². The third-order valence-electron chi connectivity index (χ3n) is 3.93. The van der Waals surface area contributed by atoms with E-state index in [1.54, 1.807) is 24.4 Å². The van der Waals surface area contributed by atoms with Crippen LogP contribution >= 0.6 is 0 Å². The topological polar surface area (TPSA) is 48.5 Å². The van der Waals surface area contributed by atoms with Gasteiger partial charge in [-0.05, 0) is 37.4 Å². The fourth-order valence-corrected chi connectivity index (χ4v) is 2.53. The van der Waals surface area contributed by atoms with Crippen LogP contribution < -0.4 is 10.2 Å². The van der Waals surface area contributed by atoms with E-state index in [0.29, 0.717) is 11.4 Å². The third kappa shape index (κ3) is 3.84. The summed E-state index contributed by atoms with van der Waals surface area (Å²) in [6.07, 6.45) is 1.71. The van der Waals surface area contributed by atoms with Gasteiger partial charge in [-0.2, -0.15) is 0 Å². The summed E-state index contributed by atoms with van der Waals surface area (Å²) in [5.74, 6) is -0.735. The summed E-state index contributed by atoms with van der Waals surface area (Å²) in [5.41, 5.74) is 1.74. The maximum Gasteiger partial charge on any atom is 0.274 e. The van der Waals surface area contributed by atoms with E-state index >= 15 is 0 Å². The molecule has 6 heteroatoms. The summed E-state index contributed by atoms with van der Waals surface area (Å²) in [6, 6.07) is 9.39. The van der Waals surface area contributed by atoms with Crippen molar-refractivity contribution in [3.63, 3.8) is 0 Å². The number of nitrogens with one attached hydrogen (secondary N) is 1. The molecule has 1 aromatic heterocycles. The average molecular weight is 314 g/mol. The molecule has 3 rings (SSSR count). The van der Waals surface area contributed by atoms with Crippen LogP contribution in [0.3, 0.4) is 0 Å². The number of piperazine rings is 1. The minimum absolute atomic E-state index is 0.312. The van der Waals surface area contributed by atoms with Gasteiger partial charge in [-0.25, -0.2) is 9.37 Å². The predicted octanol–water partition coefficient (Wildman–Crippen LogP) is 2.22. The SMILES string of the molecule is CN1CCN(c2ccc(C(=O)Nc3cccc(F)c3)nc2)CC1. The number of carbonyl (C=O) groups excluding carboxylic acids is 1. The Kier molecular flexibility index (Phi) is 4.52. The smallest absolute Gasteiger partial charge is 0.274 e. The molecule has 1 aliphatic rings. The third-order valence-corrected chi connectivity index (χ3v) is 3.93. The maximum absolute atomic E-state index is 13.1. The highest BCUT2D eigenvalue weighted by molar-refractivity contribution is 6.02. The molecule has 0 radical (unpaired) electrons. The summed E-state index contributed by atoms with van der Waals surface area (Å²) >= 11 is 0. The van der Waals surface area contributed by atoms with Crippen LogP contribution in [-0.2, 0) is 0 Å². The molecule has 1 fully saturated rings. The van der Waals surface area contributed by atoms with E-state index < -0.39 is 0 Å². The molecule has 0 spiro atoms. The van der Waals surface area contributed by atoms with Gasteiger partial charge in [-0.1, -0.05) is 6.07 Å². The van der Waals surface area contributed by atoms with Gasteiger partial charge in [0.1, 0.15) is 11.5 Å². The molecule has 1 N–H and O–H groups in total. The van der Waals surface area contributed by atoms with Crippen LogP contribution in [0.4, 0.5) is 15.8 Å². The van der Waals surface area contributed by atoms with Crippen molar-refractivity contribution in [1.29, 1.82) is 0 Å². The monoisotopic (exact) mass is 314 g/mol. The van der Waals surface area contributed by atoms with E-state index in [9.17, 15) is 9.18 Å². The van der Waals surface area contributed by atoms with Crippen LogP contribution in [0.5, 0.6) is 0 Å². The molecular weight excluding hydrogens is 295 g/mol. The van der Waals surface area contributed by atoms with Crippen LogP contribution in [0.25, 0.3) is 0 Å². The van der Waals surface area contributed by atoms with E-state index in [0.717, 1.165) is 31.9 Å². The molecule has 23 heavy (non-hydrogen) atoms. The van der Waals surface area contributed by atoms with Crippen molar-refractivity contribution >= 4 is 17.3 Å².